The number of aliphatic hydroxyl groups excluding tert-OH is 2. The number of hydrogen-bond donors (Lipinski definition) is 3. The minimum atomic E-state index is -4.59. The third-order valence-electron chi connectivity index (χ3n) is 4.44. The summed E-state index contributed by atoms with van der Waals surface area (Å²) in [7, 11) is -7.56. The van der Waals surface area contributed by atoms with Crippen LogP contribution in [0.2, 0.25) is 0 Å². The molecule has 2 aliphatic rings. The fraction of sp³-hybridized carbons (Fsp3) is 1.00. The van der Waals surface area contributed by atoms with Gasteiger partial charge in [-0.25, -0.2) is 4.57 Å². The van der Waals surface area contributed by atoms with Gasteiger partial charge in [0.2, 0.25) is 0 Å². The average molecular weight is 403 g/mol. The molecule has 2 heterocycles. The van der Waals surface area contributed by atoms with Crippen LogP contribution < -0.4 is 0 Å². The van der Waals surface area contributed by atoms with Crippen LogP contribution in [0.1, 0.15) is 27.2 Å². The summed E-state index contributed by atoms with van der Waals surface area (Å²) in [6, 6.07) is 0. The first-order valence-corrected chi connectivity index (χ1v) is 10.5. The second-order valence-corrected chi connectivity index (χ2v) is 9.44. The number of ether oxygens (including phenoxy) is 2. The van der Waals surface area contributed by atoms with Crippen LogP contribution in [0.15, 0.2) is 0 Å². The normalized spacial score (nSPS) is 37.8. The van der Waals surface area contributed by atoms with Crippen LogP contribution in [0.4, 0.5) is 0 Å². The Morgan fingerprint density at radius 1 is 1.32 bits per heavy atom. The molecule has 0 spiro atoms. The molecule has 7 atom stereocenters. The number of hydrogen-bond acceptors (Lipinski definition) is 9. The van der Waals surface area contributed by atoms with Crippen LogP contribution >= 0.6 is 16.1 Å². The SMILES string of the molecule is C[C@@H]1O[C@H](COP(=O)(O)O[P+](=O)OC[C@H]2OCC(O)[C@@H]2O)CC1(C)C. The minimum absolute atomic E-state index is 0.0201. The zero-order valence-corrected chi connectivity index (χ0v) is 16.1. The van der Waals surface area contributed by atoms with E-state index in [1.165, 1.54) is 0 Å². The predicted octanol–water partition coefficient (Wildman–Crippen LogP) is 1.12. The fourth-order valence-corrected chi connectivity index (χ4v) is 4.30. The van der Waals surface area contributed by atoms with Crippen molar-refractivity contribution >= 4 is 16.1 Å². The summed E-state index contributed by atoms with van der Waals surface area (Å²) < 4.78 is 48.1. The summed E-state index contributed by atoms with van der Waals surface area (Å²) in [4.78, 5) is 9.60. The Labute approximate surface area is 146 Å². The quantitative estimate of drug-likeness (QED) is 0.505. The molecule has 0 amide bonds. The summed E-state index contributed by atoms with van der Waals surface area (Å²) in [6.07, 6.45) is -2.88. The molecule has 0 saturated carbocycles. The summed E-state index contributed by atoms with van der Waals surface area (Å²) >= 11 is 0. The highest BCUT2D eigenvalue weighted by Gasteiger charge is 2.44. The van der Waals surface area contributed by atoms with Gasteiger partial charge in [-0.15, -0.1) is 4.52 Å². The van der Waals surface area contributed by atoms with Gasteiger partial charge in [0.25, 0.3) is 0 Å². The molecule has 0 aromatic rings. The molecule has 0 aromatic heterocycles. The predicted molar refractivity (Wildman–Crippen MR) is 84.9 cm³/mol. The van der Waals surface area contributed by atoms with Crippen molar-refractivity contribution in [3.8, 4) is 0 Å². The monoisotopic (exact) mass is 403 g/mol. The molecule has 12 heteroatoms. The molecule has 3 N–H and O–H groups in total. The van der Waals surface area contributed by atoms with Crippen LogP contribution in [0.3, 0.4) is 0 Å². The van der Waals surface area contributed by atoms with Gasteiger partial charge >= 0.3 is 16.1 Å². The zero-order chi connectivity index (χ0) is 18.8. The largest absolute Gasteiger partial charge is 0.708 e. The van der Waals surface area contributed by atoms with Crippen molar-refractivity contribution in [2.75, 3.05) is 19.8 Å². The topological polar surface area (TPSA) is 141 Å². The number of phosphoric acid groups is 1. The van der Waals surface area contributed by atoms with Gasteiger partial charge in [-0.3, -0.25) is 9.42 Å². The minimum Gasteiger partial charge on any atom is -0.388 e. The lowest BCUT2D eigenvalue weighted by atomic mass is 9.85. The molecule has 2 fully saturated rings. The van der Waals surface area contributed by atoms with Gasteiger partial charge in [0.05, 0.1) is 25.4 Å². The van der Waals surface area contributed by atoms with Crippen molar-refractivity contribution < 1.29 is 47.1 Å². The third kappa shape index (κ3) is 6.01. The van der Waals surface area contributed by atoms with Crippen molar-refractivity contribution in [1.29, 1.82) is 0 Å². The van der Waals surface area contributed by atoms with E-state index in [-0.39, 0.29) is 37.4 Å². The first-order valence-electron chi connectivity index (χ1n) is 7.90. The lowest BCUT2D eigenvalue weighted by Gasteiger charge is -2.20. The van der Waals surface area contributed by atoms with Crippen molar-refractivity contribution in [3.63, 3.8) is 0 Å². The summed E-state index contributed by atoms with van der Waals surface area (Å²) in [5, 5.41) is 18.8. The molecule has 25 heavy (non-hydrogen) atoms. The molecule has 2 rings (SSSR count). The van der Waals surface area contributed by atoms with E-state index < -0.39 is 34.4 Å². The van der Waals surface area contributed by atoms with Crippen molar-refractivity contribution in [1.82, 2.24) is 0 Å². The summed E-state index contributed by atoms with van der Waals surface area (Å²) in [5.41, 5.74) is -0.0741. The molecule has 0 bridgehead atoms. The molecule has 2 aliphatic heterocycles. The lowest BCUT2D eigenvalue weighted by Crippen LogP contribution is -2.32. The van der Waals surface area contributed by atoms with Crippen LogP contribution in [0.5, 0.6) is 0 Å². The Morgan fingerprint density at radius 3 is 2.52 bits per heavy atom. The smallest absolute Gasteiger partial charge is 0.388 e. The molecule has 10 nitrogen and oxygen atoms in total. The maximum Gasteiger partial charge on any atom is 0.708 e. The standard InChI is InChI=1S/C13H24O10P2/c1-8-13(2,3)4-9(22-8)5-21-25(17,18)23-24(16)20-7-11-12(15)10(14)6-19-11/h8-12,14-15H,4-7H2,1-3H3/p+1/t8-,9-,10?,11+,12-/m0/s1. The van der Waals surface area contributed by atoms with Gasteiger partial charge < -0.3 is 19.7 Å². The molecule has 0 radical (unpaired) electrons. The highest BCUT2D eigenvalue weighted by molar-refractivity contribution is 7.56. The molecular formula is C13H25O10P2+. The Kier molecular flexibility index (Phi) is 7.12. The van der Waals surface area contributed by atoms with E-state index in [4.69, 9.17) is 18.5 Å². The maximum absolute atomic E-state index is 11.8. The van der Waals surface area contributed by atoms with Gasteiger partial charge in [0, 0.05) is 4.57 Å². The first kappa shape index (κ1) is 21.3. The summed E-state index contributed by atoms with van der Waals surface area (Å²) in [6.45, 7) is 5.33. The second kappa shape index (κ2) is 8.35. The molecule has 0 aromatic carbocycles. The van der Waals surface area contributed by atoms with Crippen LogP contribution in [-0.2, 0) is 32.0 Å². The Bertz CT molecular complexity index is 527. The van der Waals surface area contributed by atoms with Crippen LogP contribution in [-0.4, -0.2) is 65.4 Å². The van der Waals surface area contributed by atoms with Gasteiger partial charge in [-0.2, -0.15) is 0 Å². The average Bonchev–Trinajstić information content (AvgIpc) is 2.95. The van der Waals surface area contributed by atoms with E-state index in [2.05, 4.69) is 4.31 Å². The number of rotatable bonds is 8. The molecule has 0 aliphatic carbocycles. The van der Waals surface area contributed by atoms with Gasteiger partial charge in [0.1, 0.15) is 24.9 Å². The Balaban J connectivity index is 1.71. The third-order valence-corrected chi connectivity index (χ3v) is 6.64. The fourth-order valence-electron chi connectivity index (χ4n) is 2.63. The Hall–Kier alpha value is 0.01000. The molecular weight excluding hydrogens is 378 g/mol. The van der Waals surface area contributed by atoms with E-state index >= 15 is 0 Å². The van der Waals surface area contributed by atoms with E-state index in [0.717, 1.165) is 0 Å². The van der Waals surface area contributed by atoms with E-state index in [1.54, 1.807) is 0 Å². The van der Waals surface area contributed by atoms with E-state index in [9.17, 15) is 24.2 Å². The number of phosphoric ester groups is 1. The highest BCUT2D eigenvalue weighted by Crippen LogP contribution is 2.53. The lowest BCUT2D eigenvalue weighted by molar-refractivity contribution is -0.00221. The Morgan fingerprint density at radius 2 is 2.00 bits per heavy atom. The van der Waals surface area contributed by atoms with Gasteiger partial charge in [-0.05, 0) is 23.1 Å². The van der Waals surface area contributed by atoms with E-state index in [0.29, 0.717) is 6.42 Å². The summed E-state index contributed by atoms with van der Waals surface area (Å²) in [5.74, 6) is 0. The molecule has 3 unspecified atom stereocenters. The number of aliphatic hydroxyl groups is 2. The highest BCUT2D eigenvalue weighted by atomic mass is 31.2. The van der Waals surface area contributed by atoms with Crippen LogP contribution in [0, 0.1) is 5.41 Å². The van der Waals surface area contributed by atoms with Crippen molar-refractivity contribution in [2.24, 2.45) is 5.41 Å². The zero-order valence-electron chi connectivity index (χ0n) is 14.3. The maximum atomic E-state index is 11.8. The molecule has 146 valence electrons. The van der Waals surface area contributed by atoms with Crippen LogP contribution in [0.25, 0.3) is 0 Å². The van der Waals surface area contributed by atoms with Gasteiger partial charge in [0.15, 0.2) is 0 Å². The first-order chi connectivity index (χ1) is 11.5. The van der Waals surface area contributed by atoms with Gasteiger partial charge in [-0.1, -0.05) is 13.8 Å². The second-order valence-electron chi connectivity index (χ2n) is 6.89. The van der Waals surface area contributed by atoms with Crippen molar-refractivity contribution in [2.45, 2.75) is 57.7 Å². The van der Waals surface area contributed by atoms with E-state index in [1.807, 2.05) is 20.8 Å². The molecule has 2 saturated heterocycles. The van der Waals surface area contributed by atoms with Crippen molar-refractivity contribution in [3.05, 3.63) is 0 Å².